The van der Waals surface area contributed by atoms with E-state index in [9.17, 15) is 19.3 Å². The summed E-state index contributed by atoms with van der Waals surface area (Å²) in [6.45, 7) is 0.795. The molecular formula is C12H14FN3O3. The molecule has 1 atom stereocenters. The first kappa shape index (κ1) is 13.4. The highest BCUT2D eigenvalue weighted by Gasteiger charge is 2.32. The van der Waals surface area contributed by atoms with Crippen LogP contribution in [0.5, 0.6) is 0 Å². The van der Waals surface area contributed by atoms with Crippen molar-refractivity contribution in [2.75, 3.05) is 13.1 Å². The molecule has 0 bridgehead atoms. The van der Waals surface area contributed by atoms with Crippen LogP contribution in [0.25, 0.3) is 0 Å². The molecule has 1 aromatic rings. The van der Waals surface area contributed by atoms with Crippen molar-refractivity contribution in [2.45, 2.75) is 18.9 Å². The SMILES string of the molecule is NCC1CCCN1C(=O)c1cc(F)ccc1[N+](=O)[O-]. The van der Waals surface area contributed by atoms with Crippen LogP contribution >= 0.6 is 0 Å². The Kier molecular flexibility index (Phi) is 3.75. The fourth-order valence-corrected chi connectivity index (χ4v) is 2.34. The number of benzene rings is 1. The van der Waals surface area contributed by atoms with E-state index in [0.29, 0.717) is 13.1 Å². The maximum atomic E-state index is 13.2. The number of nitrogens with zero attached hydrogens (tertiary/aromatic N) is 2. The van der Waals surface area contributed by atoms with Gasteiger partial charge in [0, 0.05) is 25.2 Å². The Bertz CT molecular complexity index is 521. The van der Waals surface area contributed by atoms with Crippen molar-refractivity contribution in [2.24, 2.45) is 5.73 Å². The van der Waals surface area contributed by atoms with Crippen molar-refractivity contribution < 1.29 is 14.1 Å². The summed E-state index contributed by atoms with van der Waals surface area (Å²) in [5.41, 5.74) is 4.97. The molecule has 1 saturated heterocycles. The summed E-state index contributed by atoms with van der Waals surface area (Å²) >= 11 is 0. The summed E-state index contributed by atoms with van der Waals surface area (Å²) in [4.78, 5) is 24.0. The molecule has 2 N–H and O–H groups in total. The number of amides is 1. The fraction of sp³-hybridized carbons (Fsp3) is 0.417. The molecule has 1 unspecified atom stereocenters. The number of hydrogen-bond donors (Lipinski definition) is 1. The second kappa shape index (κ2) is 5.31. The van der Waals surface area contributed by atoms with Crippen LogP contribution in [0.15, 0.2) is 18.2 Å². The highest BCUT2D eigenvalue weighted by atomic mass is 19.1. The number of likely N-dealkylation sites (tertiary alicyclic amines) is 1. The van der Waals surface area contributed by atoms with Gasteiger partial charge in [0.2, 0.25) is 0 Å². The first-order valence-electron chi connectivity index (χ1n) is 5.99. The molecule has 1 aliphatic rings. The van der Waals surface area contributed by atoms with E-state index in [0.717, 1.165) is 31.0 Å². The molecule has 1 aromatic carbocycles. The third kappa shape index (κ3) is 2.55. The predicted octanol–water partition coefficient (Wildman–Crippen LogP) is 1.30. The highest BCUT2D eigenvalue weighted by molar-refractivity contribution is 5.98. The monoisotopic (exact) mass is 267 g/mol. The lowest BCUT2D eigenvalue weighted by atomic mass is 10.1. The zero-order valence-electron chi connectivity index (χ0n) is 10.2. The Morgan fingerprint density at radius 1 is 1.58 bits per heavy atom. The largest absolute Gasteiger partial charge is 0.334 e. The van der Waals surface area contributed by atoms with E-state index < -0.39 is 16.6 Å². The van der Waals surface area contributed by atoms with Crippen LogP contribution in [0.2, 0.25) is 0 Å². The molecule has 102 valence electrons. The average molecular weight is 267 g/mol. The number of carbonyl (C=O) groups is 1. The van der Waals surface area contributed by atoms with Crippen molar-refractivity contribution in [3.05, 3.63) is 39.7 Å². The molecule has 0 aliphatic carbocycles. The zero-order valence-corrected chi connectivity index (χ0v) is 10.2. The normalized spacial score (nSPS) is 18.6. The van der Waals surface area contributed by atoms with E-state index in [1.165, 1.54) is 4.90 Å². The van der Waals surface area contributed by atoms with Gasteiger partial charge in [0.15, 0.2) is 0 Å². The third-order valence-electron chi connectivity index (χ3n) is 3.30. The van der Waals surface area contributed by atoms with E-state index >= 15 is 0 Å². The average Bonchev–Trinajstić information content (AvgIpc) is 2.85. The Labute approximate surface area is 109 Å². The first-order chi connectivity index (χ1) is 9.04. The van der Waals surface area contributed by atoms with Gasteiger partial charge in [0.05, 0.1) is 4.92 Å². The molecule has 1 amide bonds. The molecule has 19 heavy (non-hydrogen) atoms. The van der Waals surface area contributed by atoms with Gasteiger partial charge in [-0.2, -0.15) is 0 Å². The van der Waals surface area contributed by atoms with Crippen LogP contribution in [0.3, 0.4) is 0 Å². The van der Waals surface area contributed by atoms with Crippen molar-refractivity contribution in [3.8, 4) is 0 Å². The molecule has 1 fully saturated rings. The Balaban J connectivity index is 2.37. The van der Waals surface area contributed by atoms with Crippen molar-refractivity contribution in [1.82, 2.24) is 4.90 Å². The number of nitrogens with two attached hydrogens (primary N) is 1. The van der Waals surface area contributed by atoms with Gasteiger partial charge in [-0.25, -0.2) is 4.39 Å². The van der Waals surface area contributed by atoms with Crippen LogP contribution in [0, 0.1) is 15.9 Å². The second-order valence-electron chi connectivity index (χ2n) is 4.45. The number of nitro groups is 1. The highest BCUT2D eigenvalue weighted by Crippen LogP contribution is 2.25. The van der Waals surface area contributed by atoms with E-state index in [4.69, 9.17) is 5.73 Å². The van der Waals surface area contributed by atoms with Crippen LogP contribution < -0.4 is 5.73 Å². The lowest BCUT2D eigenvalue weighted by Gasteiger charge is -2.23. The molecule has 0 aromatic heterocycles. The standard InChI is InChI=1S/C12H14FN3O3/c13-8-3-4-11(16(18)19)10(6-8)12(17)15-5-1-2-9(15)7-14/h3-4,6,9H,1-2,5,7,14H2. The van der Waals surface area contributed by atoms with E-state index in [2.05, 4.69) is 0 Å². The van der Waals surface area contributed by atoms with Gasteiger partial charge in [-0.3, -0.25) is 14.9 Å². The summed E-state index contributed by atoms with van der Waals surface area (Å²) in [6.07, 6.45) is 1.57. The maximum Gasteiger partial charge on any atom is 0.282 e. The summed E-state index contributed by atoms with van der Waals surface area (Å²) in [5.74, 6) is -1.20. The third-order valence-corrected chi connectivity index (χ3v) is 3.30. The molecule has 6 nitrogen and oxygen atoms in total. The number of nitro benzene ring substituents is 1. The smallest absolute Gasteiger partial charge is 0.282 e. The Morgan fingerprint density at radius 2 is 2.32 bits per heavy atom. The van der Waals surface area contributed by atoms with Gasteiger partial charge < -0.3 is 10.6 Å². The predicted molar refractivity (Wildman–Crippen MR) is 66.2 cm³/mol. The van der Waals surface area contributed by atoms with Gasteiger partial charge in [-0.15, -0.1) is 0 Å². The van der Waals surface area contributed by atoms with Crippen LogP contribution in [-0.4, -0.2) is 34.9 Å². The topological polar surface area (TPSA) is 89.5 Å². The lowest BCUT2D eigenvalue weighted by Crippen LogP contribution is -2.40. The minimum atomic E-state index is -0.680. The molecule has 0 saturated carbocycles. The fourth-order valence-electron chi connectivity index (χ4n) is 2.34. The Morgan fingerprint density at radius 3 is 2.95 bits per heavy atom. The van der Waals surface area contributed by atoms with Gasteiger partial charge >= 0.3 is 0 Å². The summed E-state index contributed by atoms with van der Waals surface area (Å²) in [7, 11) is 0. The first-order valence-corrected chi connectivity index (χ1v) is 5.99. The second-order valence-corrected chi connectivity index (χ2v) is 4.45. The van der Waals surface area contributed by atoms with Crippen LogP contribution in [0.4, 0.5) is 10.1 Å². The molecule has 2 rings (SSSR count). The number of hydrogen-bond acceptors (Lipinski definition) is 4. The van der Waals surface area contributed by atoms with Gasteiger partial charge in [0.25, 0.3) is 11.6 Å². The van der Waals surface area contributed by atoms with Gasteiger partial charge in [-0.1, -0.05) is 0 Å². The molecule has 1 aliphatic heterocycles. The summed E-state index contributed by atoms with van der Waals surface area (Å²) in [6, 6.07) is 2.76. The zero-order chi connectivity index (χ0) is 14.0. The Hall–Kier alpha value is -2.02. The molecule has 0 radical (unpaired) electrons. The number of halogens is 1. The van der Waals surface area contributed by atoms with E-state index in [1.807, 2.05) is 0 Å². The quantitative estimate of drug-likeness (QED) is 0.660. The summed E-state index contributed by atoms with van der Waals surface area (Å²) < 4.78 is 13.2. The minimum Gasteiger partial charge on any atom is -0.334 e. The minimum absolute atomic E-state index is 0.129. The van der Waals surface area contributed by atoms with E-state index in [1.54, 1.807) is 0 Å². The lowest BCUT2D eigenvalue weighted by molar-refractivity contribution is -0.385. The molecule has 7 heteroatoms. The molecular weight excluding hydrogens is 253 g/mol. The van der Waals surface area contributed by atoms with Crippen molar-refractivity contribution >= 4 is 11.6 Å². The number of rotatable bonds is 3. The van der Waals surface area contributed by atoms with Crippen LogP contribution in [0.1, 0.15) is 23.2 Å². The van der Waals surface area contributed by atoms with Gasteiger partial charge in [-0.05, 0) is 25.0 Å². The van der Waals surface area contributed by atoms with Crippen molar-refractivity contribution in [3.63, 3.8) is 0 Å². The number of carbonyl (C=O) groups excluding carboxylic acids is 1. The van der Waals surface area contributed by atoms with Crippen LogP contribution in [-0.2, 0) is 0 Å². The van der Waals surface area contributed by atoms with Gasteiger partial charge in [0.1, 0.15) is 11.4 Å². The summed E-state index contributed by atoms with van der Waals surface area (Å²) in [5, 5.41) is 10.9. The van der Waals surface area contributed by atoms with Crippen molar-refractivity contribution in [1.29, 1.82) is 0 Å². The molecule has 0 spiro atoms. The van der Waals surface area contributed by atoms with E-state index in [-0.39, 0.29) is 17.3 Å². The maximum absolute atomic E-state index is 13.2. The molecule has 1 heterocycles.